The van der Waals surface area contributed by atoms with Gasteiger partial charge in [0.05, 0.1) is 11.4 Å². The molecule has 0 aromatic carbocycles. The number of anilines is 2. The molecule has 3 nitrogen and oxygen atoms in total. The van der Waals surface area contributed by atoms with E-state index in [1.807, 2.05) is 36.9 Å². The molecule has 2 aromatic heterocycles. The second-order valence-corrected chi connectivity index (χ2v) is 2.32. The molecule has 0 aliphatic carbocycles. The SMILES string of the molecule is c1cc(Nc2cc[nH]c2)c[nH]1. The van der Waals surface area contributed by atoms with Crippen molar-refractivity contribution in [3.63, 3.8) is 0 Å². The van der Waals surface area contributed by atoms with Crippen LogP contribution in [0.4, 0.5) is 11.4 Å². The number of H-pyrrole nitrogens is 2. The molecule has 56 valence electrons. The highest BCUT2D eigenvalue weighted by Crippen LogP contribution is 2.13. The fourth-order valence-electron chi connectivity index (χ4n) is 0.970. The molecule has 0 aliphatic heterocycles. The van der Waals surface area contributed by atoms with Crippen molar-refractivity contribution in [2.75, 3.05) is 5.32 Å². The van der Waals surface area contributed by atoms with Crippen molar-refractivity contribution in [3.8, 4) is 0 Å². The van der Waals surface area contributed by atoms with Gasteiger partial charge in [0, 0.05) is 24.8 Å². The number of rotatable bonds is 2. The molecule has 2 heterocycles. The van der Waals surface area contributed by atoms with E-state index in [-0.39, 0.29) is 0 Å². The van der Waals surface area contributed by atoms with Gasteiger partial charge in [-0.05, 0) is 12.1 Å². The average Bonchev–Trinajstić information content (AvgIpc) is 2.60. The van der Waals surface area contributed by atoms with Crippen LogP contribution in [0.1, 0.15) is 0 Å². The van der Waals surface area contributed by atoms with Gasteiger partial charge in [0.15, 0.2) is 0 Å². The first-order chi connectivity index (χ1) is 5.45. The molecule has 11 heavy (non-hydrogen) atoms. The van der Waals surface area contributed by atoms with Crippen molar-refractivity contribution < 1.29 is 0 Å². The van der Waals surface area contributed by atoms with Gasteiger partial charge in [-0.25, -0.2) is 0 Å². The standard InChI is InChI=1S/C8H9N3/c1-3-9-5-7(1)11-8-2-4-10-6-8/h1-6,9-11H. The maximum Gasteiger partial charge on any atom is 0.0562 e. The van der Waals surface area contributed by atoms with E-state index < -0.39 is 0 Å². The average molecular weight is 147 g/mol. The number of aromatic nitrogens is 2. The van der Waals surface area contributed by atoms with Gasteiger partial charge in [-0.3, -0.25) is 0 Å². The molecule has 0 saturated heterocycles. The highest BCUT2D eigenvalue weighted by Gasteiger charge is 1.91. The Hall–Kier alpha value is -1.64. The summed E-state index contributed by atoms with van der Waals surface area (Å²) in [6.07, 6.45) is 7.59. The van der Waals surface area contributed by atoms with Crippen molar-refractivity contribution >= 4 is 11.4 Å². The number of nitrogens with one attached hydrogen (secondary N) is 3. The van der Waals surface area contributed by atoms with Crippen molar-refractivity contribution in [1.29, 1.82) is 0 Å². The van der Waals surface area contributed by atoms with Crippen LogP contribution in [-0.4, -0.2) is 9.97 Å². The maximum absolute atomic E-state index is 3.20. The molecule has 3 N–H and O–H groups in total. The topological polar surface area (TPSA) is 43.6 Å². The summed E-state index contributed by atoms with van der Waals surface area (Å²) in [5, 5.41) is 3.20. The molecule has 0 aliphatic rings. The quantitative estimate of drug-likeness (QED) is 0.598. The largest absolute Gasteiger partial charge is 0.366 e. The summed E-state index contributed by atoms with van der Waals surface area (Å²) in [4.78, 5) is 5.94. The Morgan fingerprint density at radius 1 is 0.909 bits per heavy atom. The van der Waals surface area contributed by atoms with Crippen molar-refractivity contribution in [2.45, 2.75) is 0 Å². The fourth-order valence-corrected chi connectivity index (χ4v) is 0.970. The van der Waals surface area contributed by atoms with Gasteiger partial charge < -0.3 is 15.3 Å². The first-order valence-corrected chi connectivity index (χ1v) is 3.48. The Morgan fingerprint density at radius 2 is 1.45 bits per heavy atom. The Balaban J connectivity index is 2.14. The lowest BCUT2D eigenvalue weighted by atomic mass is 10.4. The Morgan fingerprint density at radius 3 is 1.82 bits per heavy atom. The Kier molecular flexibility index (Phi) is 1.41. The molecule has 0 unspecified atom stereocenters. The van der Waals surface area contributed by atoms with Crippen LogP contribution < -0.4 is 5.32 Å². The minimum Gasteiger partial charge on any atom is -0.366 e. The van der Waals surface area contributed by atoms with Crippen molar-refractivity contribution in [1.82, 2.24) is 9.97 Å². The molecule has 0 bridgehead atoms. The zero-order valence-corrected chi connectivity index (χ0v) is 5.96. The monoisotopic (exact) mass is 147 g/mol. The zero-order valence-electron chi connectivity index (χ0n) is 5.96. The molecule has 0 radical (unpaired) electrons. The number of hydrogen-bond acceptors (Lipinski definition) is 1. The first kappa shape index (κ1) is 6.09. The molecule has 0 atom stereocenters. The third-order valence-electron chi connectivity index (χ3n) is 1.48. The van der Waals surface area contributed by atoms with E-state index >= 15 is 0 Å². The second kappa shape index (κ2) is 2.54. The lowest BCUT2D eigenvalue weighted by molar-refractivity contribution is 1.40. The second-order valence-electron chi connectivity index (χ2n) is 2.32. The molecule has 0 fully saturated rings. The van der Waals surface area contributed by atoms with Crippen LogP contribution in [0.25, 0.3) is 0 Å². The smallest absolute Gasteiger partial charge is 0.0562 e. The summed E-state index contributed by atoms with van der Waals surface area (Å²) in [5.74, 6) is 0. The minimum atomic E-state index is 1.07. The van der Waals surface area contributed by atoms with Crippen LogP contribution >= 0.6 is 0 Å². The number of aromatic amines is 2. The summed E-state index contributed by atoms with van der Waals surface area (Å²) in [7, 11) is 0. The molecular weight excluding hydrogens is 138 g/mol. The van der Waals surface area contributed by atoms with Crippen LogP contribution in [0, 0.1) is 0 Å². The third-order valence-corrected chi connectivity index (χ3v) is 1.48. The van der Waals surface area contributed by atoms with Gasteiger partial charge in [0.2, 0.25) is 0 Å². The van der Waals surface area contributed by atoms with Crippen LogP contribution in [0.5, 0.6) is 0 Å². The van der Waals surface area contributed by atoms with Crippen LogP contribution in [0.3, 0.4) is 0 Å². The molecule has 2 rings (SSSR count). The fraction of sp³-hybridized carbons (Fsp3) is 0. The normalized spacial score (nSPS) is 9.82. The highest BCUT2D eigenvalue weighted by atomic mass is 14.9. The summed E-state index contributed by atoms with van der Waals surface area (Å²) in [6.45, 7) is 0. The van der Waals surface area contributed by atoms with E-state index in [2.05, 4.69) is 15.3 Å². The first-order valence-electron chi connectivity index (χ1n) is 3.48. The molecule has 0 amide bonds. The van der Waals surface area contributed by atoms with E-state index in [9.17, 15) is 0 Å². The van der Waals surface area contributed by atoms with E-state index in [4.69, 9.17) is 0 Å². The van der Waals surface area contributed by atoms with Crippen molar-refractivity contribution in [3.05, 3.63) is 36.9 Å². The van der Waals surface area contributed by atoms with E-state index in [1.165, 1.54) is 0 Å². The van der Waals surface area contributed by atoms with Crippen LogP contribution in [0.15, 0.2) is 36.9 Å². The Bertz CT molecular complexity index is 262. The Labute approximate surface area is 64.5 Å². The summed E-state index contributed by atoms with van der Waals surface area (Å²) in [6, 6.07) is 3.96. The summed E-state index contributed by atoms with van der Waals surface area (Å²) >= 11 is 0. The maximum atomic E-state index is 3.20. The predicted octanol–water partition coefficient (Wildman–Crippen LogP) is 2.09. The van der Waals surface area contributed by atoms with E-state index in [1.54, 1.807) is 0 Å². The third kappa shape index (κ3) is 1.26. The van der Waals surface area contributed by atoms with Gasteiger partial charge >= 0.3 is 0 Å². The lowest BCUT2D eigenvalue weighted by Crippen LogP contribution is -1.83. The van der Waals surface area contributed by atoms with Crippen molar-refractivity contribution in [2.24, 2.45) is 0 Å². The van der Waals surface area contributed by atoms with Gasteiger partial charge in [-0.15, -0.1) is 0 Å². The van der Waals surface area contributed by atoms with Gasteiger partial charge in [-0.1, -0.05) is 0 Å². The zero-order chi connectivity index (χ0) is 7.52. The van der Waals surface area contributed by atoms with Crippen LogP contribution in [-0.2, 0) is 0 Å². The minimum absolute atomic E-state index is 1.07. The number of hydrogen-bond donors (Lipinski definition) is 3. The summed E-state index contributed by atoms with van der Waals surface area (Å²) < 4.78 is 0. The molecule has 0 saturated carbocycles. The van der Waals surface area contributed by atoms with Gasteiger partial charge in [-0.2, -0.15) is 0 Å². The van der Waals surface area contributed by atoms with E-state index in [0.29, 0.717) is 0 Å². The predicted molar refractivity (Wildman–Crippen MR) is 44.9 cm³/mol. The van der Waals surface area contributed by atoms with E-state index in [0.717, 1.165) is 11.4 Å². The van der Waals surface area contributed by atoms with Crippen LogP contribution in [0.2, 0.25) is 0 Å². The van der Waals surface area contributed by atoms with Gasteiger partial charge in [0.25, 0.3) is 0 Å². The lowest BCUT2D eigenvalue weighted by Gasteiger charge is -1.96. The molecule has 3 heteroatoms. The summed E-state index contributed by atoms with van der Waals surface area (Å²) in [5.41, 5.74) is 2.15. The molecule has 2 aromatic rings. The molecular formula is C8H9N3. The highest BCUT2D eigenvalue weighted by molar-refractivity contribution is 5.57. The van der Waals surface area contributed by atoms with Gasteiger partial charge in [0.1, 0.15) is 0 Å². The molecule has 0 spiro atoms.